The molecular formula is C15H22N2O2. The van der Waals surface area contributed by atoms with Gasteiger partial charge in [-0.3, -0.25) is 0 Å². The monoisotopic (exact) mass is 262 g/mol. The van der Waals surface area contributed by atoms with Gasteiger partial charge in [0.1, 0.15) is 0 Å². The fraction of sp³-hybridized carbons (Fsp3) is 0.533. The van der Waals surface area contributed by atoms with Crippen molar-refractivity contribution in [3.05, 3.63) is 29.8 Å². The number of benzene rings is 1. The van der Waals surface area contributed by atoms with Crippen molar-refractivity contribution in [1.29, 1.82) is 0 Å². The number of carbonyl (C=O) groups excluding carboxylic acids is 1. The van der Waals surface area contributed by atoms with Crippen LogP contribution in [-0.4, -0.2) is 39.3 Å². The molecule has 0 amide bonds. The third kappa shape index (κ3) is 3.70. The summed E-state index contributed by atoms with van der Waals surface area (Å²) >= 11 is 0. The lowest BCUT2D eigenvalue weighted by Crippen LogP contribution is -2.42. The van der Waals surface area contributed by atoms with Crippen LogP contribution in [0.25, 0.3) is 0 Å². The second-order valence-corrected chi connectivity index (χ2v) is 5.07. The third-order valence-corrected chi connectivity index (χ3v) is 3.61. The zero-order valence-electron chi connectivity index (χ0n) is 11.7. The maximum atomic E-state index is 11.5. The van der Waals surface area contributed by atoms with Crippen molar-refractivity contribution in [2.75, 3.05) is 32.1 Å². The number of ether oxygens (including phenoxy) is 1. The first kappa shape index (κ1) is 13.9. The first-order valence-corrected chi connectivity index (χ1v) is 6.83. The number of nitrogens with zero attached hydrogens (tertiary/aromatic N) is 1. The smallest absolute Gasteiger partial charge is 0.337 e. The number of nitrogens with one attached hydrogen (secondary N) is 1. The number of methoxy groups -OCH3 is 1. The van der Waals surface area contributed by atoms with E-state index in [2.05, 4.69) is 17.3 Å². The molecule has 0 aromatic heterocycles. The Balaban J connectivity index is 2.01. The molecule has 1 aromatic rings. The molecule has 1 unspecified atom stereocenters. The lowest BCUT2D eigenvalue weighted by molar-refractivity contribution is 0.0601. The highest BCUT2D eigenvalue weighted by Crippen LogP contribution is 2.17. The van der Waals surface area contributed by atoms with Gasteiger partial charge in [0, 0.05) is 25.3 Å². The van der Waals surface area contributed by atoms with Gasteiger partial charge >= 0.3 is 5.97 Å². The van der Waals surface area contributed by atoms with E-state index in [9.17, 15) is 4.79 Å². The van der Waals surface area contributed by atoms with E-state index in [1.54, 1.807) is 6.07 Å². The van der Waals surface area contributed by atoms with Gasteiger partial charge in [0.15, 0.2) is 0 Å². The Bertz CT molecular complexity index is 428. The van der Waals surface area contributed by atoms with Crippen LogP contribution in [-0.2, 0) is 4.74 Å². The summed E-state index contributed by atoms with van der Waals surface area (Å²) < 4.78 is 4.75. The Kier molecular flexibility index (Phi) is 4.80. The van der Waals surface area contributed by atoms with Crippen LogP contribution in [0.5, 0.6) is 0 Å². The summed E-state index contributed by atoms with van der Waals surface area (Å²) in [4.78, 5) is 13.7. The number of piperidine rings is 1. The van der Waals surface area contributed by atoms with E-state index in [0.717, 1.165) is 18.8 Å². The summed E-state index contributed by atoms with van der Waals surface area (Å²) in [6.45, 7) is 2.07. The van der Waals surface area contributed by atoms with Crippen molar-refractivity contribution in [2.24, 2.45) is 0 Å². The minimum Gasteiger partial charge on any atom is -0.465 e. The molecule has 1 aliphatic rings. The molecule has 0 saturated carbocycles. The van der Waals surface area contributed by atoms with Crippen LogP contribution >= 0.6 is 0 Å². The van der Waals surface area contributed by atoms with Gasteiger partial charge in [0.2, 0.25) is 0 Å². The summed E-state index contributed by atoms with van der Waals surface area (Å²) in [5.41, 5.74) is 1.65. The maximum absolute atomic E-state index is 11.5. The fourth-order valence-corrected chi connectivity index (χ4v) is 2.50. The van der Waals surface area contributed by atoms with Gasteiger partial charge in [0.05, 0.1) is 12.7 Å². The Labute approximate surface area is 114 Å². The second kappa shape index (κ2) is 6.57. The minimum absolute atomic E-state index is 0.286. The lowest BCUT2D eigenvalue weighted by atomic mass is 10.0. The fourth-order valence-electron chi connectivity index (χ4n) is 2.50. The van der Waals surface area contributed by atoms with Crippen LogP contribution in [0, 0.1) is 0 Å². The van der Waals surface area contributed by atoms with Gasteiger partial charge < -0.3 is 15.0 Å². The Morgan fingerprint density at radius 3 is 3.00 bits per heavy atom. The van der Waals surface area contributed by atoms with Crippen LogP contribution in [0.4, 0.5) is 5.69 Å². The summed E-state index contributed by atoms with van der Waals surface area (Å²) in [5, 5.41) is 3.54. The Morgan fingerprint density at radius 2 is 2.32 bits per heavy atom. The molecule has 0 aliphatic carbocycles. The van der Waals surface area contributed by atoms with E-state index in [1.807, 2.05) is 18.2 Å². The summed E-state index contributed by atoms with van der Waals surface area (Å²) in [5.74, 6) is -0.286. The molecule has 1 atom stereocenters. The number of likely N-dealkylation sites (N-methyl/N-ethyl adjacent to an activating group) is 1. The van der Waals surface area contributed by atoms with E-state index >= 15 is 0 Å². The molecule has 1 fully saturated rings. The average Bonchev–Trinajstić information content (AvgIpc) is 2.47. The first-order valence-electron chi connectivity index (χ1n) is 6.83. The van der Waals surface area contributed by atoms with E-state index in [1.165, 1.54) is 26.4 Å². The molecule has 104 valence electrons. The summed E-state index contributed by atoms with van der Waals surface area (Å²) in [6, 6.07) is 8.12. The van der Waals surface area contributed by atoms with E-state index in [-0.39, 0.29) is 5.97 Å². The van der Waals surface area contributed by atoms with Crippen LogP contribution < -0.4 is 10.2 Å². The van der Waals surface area contributed by atoms with Crippen molar-refractivity contribution in [3.8, 4) is 0 Å². The van der Waals surface area contributed by atoms with Crippen molar-refractivity contribution in [1.82, 2.24) is 5.32 Å². The molecule has 0 spiro atoms. The van der Waals surface area contributed by atoms with Gasteiger partial charge in [-0.05, 0) is 37.6 Å². The molecule has 0 radical (unpaired) electrons. The summed E-state index contributed by atoms with van der Waals surface area (Å²) in [7, 11) is 3.47. The predicted molar refractivity (Wildman–Crippen MR) is 76.7 cm³/mol. The summed E-state index contributed by atoms with van der Waals surface area (Å²) in [6.07, 6.45) is 3.80. The standard InChI is InChI=1S/C15H22N2O2/c1-17(11-13-7-3-4-9-16-13)14-8-5-6-12(10-14)15(18)19-2/h5-6,8,10,13,16H,3-4,7,9,11H2,1-2H3. The predicted octanol–water partition coefficient (Wildman–Crippen LogP) is 2.05. The molecular weight excluding hydrogens is 240 g/mol. The van der Waals surface area contributed by atoms with Crippen molar-refractivity contribution < 1.29 is 9.53 Å². The normalized spacial score (nSPS) is 18.9. The van der Waals surface area contributed by atoms with Crippen molar-refractivity contribution in [3.63, 3.8) is 0 Å². The maximum Gasteiger partial charge on any atom is 0.337 e. The number of anilines is 1. The van der Waals surface area contributed by atoms with Crippen LogP contribution in [0.3, 0.4) is 0 Å². The number of hydrogen-bond acceptors (Lipinski definition) is 4. The molecule has 1 N–H and O–H groups in total. The van der Waals surface area contributed by atoms with Gasteiger partial charge in [-0.25, -0.2) is 4.79 Å². The molecule has 1 saturated heterocycles. The largest absolute Gasteiger partial charge is 0.465 e. The number of carbonyl (C=O) groups is 1. The zero-order chi connectivity index (χ0) is 13.7. The Hall–Kier alpha value is -1.55. The second-order valence-electron chi connectivity index (χ2n) is 5.07. The van der Waals surface area contributed by atoms with Gasteiger partial charge in [0.25, 0.3) is 0 Å². The van der Waals surface area contributed by atoms with E-state index in [4.69, 9.17) is 4.74 Å². The molecule has 1 heterocycles. The van der Waals surface area contributed by atoms with Gasteiger partial charge in [-0.1, -0.05) is 12.5 Å². The van der Waals surface area contributed by atoms with Crippen LogP contribution in [0.1, 0.15) is 29.6 Å². The molecule has 4 nitrogen and oxygen atoms in total. The highest BCUT2D eigenvalue weighted by atomic mass is 16.5. The highest BCUT2D eigenvalue weighted by molar-refractivity contribution is 5.90. The van der Waals surface area contributed by atoms with Gasteiger partial charge in [-0.15, -0.1) is 0 Å². The molecule has 4 heteroatoms. The van der Waals surface area contributed by atoms with Crippen molar-refractivity contribution in [2.45, 2.75) is 25.3 Å². The SMILES string of the molecule is COC(=O)c1cccc(N(C)CC2CCCCN2)c1. The molecule has 1 aromatic carbocycles. The quantitative estimate of drug-likeness (QED) is 0.843. The number of rotatable bonds is 4. The molecule has 0 bridgehead atoms. The molecule has 1 aliphatic heterocycles. The number of hydrogen-bond donors (Lipinski definition) is 1. The zero-order valence-corrected chi connectivity index (χ0v) is 11.7. The van der Waals surface area contributed by atoms with Crippen LogP contribution in [0.2, 0.25) is 0 Å². The van der Waals surface area contributed by atoms with E-state index in [0.29, 0.717) is 11.6 Å². The third-order valence-electron chi connectivity index (χ3n) is 3.61. The molecule has 2 rings (SSSR count). The molecule has 19 heavy (non-hydrogen) atoms. The van der Waals surface area contributed by atoms with Crippen molar-refractivity contribution >= 4 is 11.7 Å². The average molecular weight is 262 g/mol. The first-order chi connectivity index (χ1) is 9.20. The lowest BCUT2D eigenvalue weighted by Gasteiger charge is -2.29. The van der Waals surface area contributed by atoms with Gasteiger partial charge in [-0.2, -0.15) is 0 Å². The topological polar surface area (TPSA) is 41.6 Å². The Morgan fingerprint density at radius 1 is 1.47 bits per heavy atom. The van der Waals surface area contributed by atoms with Crippen LogP contribution in [0.15, 0.2) is 24.3 Å². The van der Waals surface area contributed by atoms with E-state index < -0.39 is 0 Å². The number of esters is 1. The minimum atomic E-state index is -0.286. The highest BCUT2D eigenvalue weighted by Gasteiger charge is 2.15.